The van der Waals surface area contributed by atoms with Gasteiger partial charge in [-0.2, -0.15) is 0 Å². The molecule has 0 atom stereocenters. The largest absolute Gasteiger partial charge is 0.315 e. The molecule has 1 aromatic heterocycles. The Balaban J connectivity index is 1.87. The smallest absolute Gasteiger partial charge is 0.209 e. The Labute approximate surface area is 124 Å². The van der Waals surface area contributed by atoms with Crippen LogP contribution in [0.15, 0.2) is 29.4 Å². The van der Waals surface area contributed by atoms with Gasteiger partial charge in [0.15, 0.2) is 0 Å². The fourth-order valence-corrected chi connectivity index (χ4v) is 2.82. The Morgan fingerprint density at radius 1 is 1.25 bits per heavy atom. The van der Waals surface area contributed by atoms with Crippen LogP contribution in [0.5, 0.6) is 0 Å². The minimum absolute atomic E-state index is 0.809. The van der Waals surface area contributed by atoms with Crippen molar-refractivity contribution >= 4 is 11.8 Å². The minimum atomic E-state index is 0.809. The summed E-state index contributed by atoms with van der Waals surface area (Å²) < 4.78 is 1.87. The van der Waals surface area contributed by atoms with Crippen LogP contribution in [-0.2, 0) is 12.3 Å². The molecule has 1 heterocycles. The lowest BCUT2D eigenvalue weighted by Gasteiger charge is -2.06. The third kappa shape index (κ3) is 4.31. The summed E-state index contributed by atoms with van der Waals surface area (Å²) in [5.74, 6) is 0.898. The highest BCUT2D eigenvalue weighted by molar-refractivity contribution is 7.98. The van der Waals surface area contributed by atoms with Crippen LogP contribution in [0, 0.1) is 6.92 Å². The zero-order valence-corrected chi connectivity index (χ0v) is 12.9. The third-order valence-corrected chi connectivity index (χ3v) is 4.05. The van der Waals surface area contributed by atoms with Crippen molar-refractivity contribution in [3.63, 3.8) is 0 Å². The summed E-state index contributed by atoms with van der Waals surface area (Å²) in [6.45, 7) is 7.04. The fraction of sp³-hybridized carbons (Fsp3) is 0.500. The van der Waals surface area contributed by atoms with Crippen LogP contribution in [0.25, 0.3) is 0 Å². The van der Waals surface area contributed by atoms with E-state index in [1.807, 2.05) is 4.68 Å². The van der Waals surface area contributed by atoms with E-state index in [1.165, 1.54) is 11.1 Å². The number of aromatic nitrogens is 4. The maximum absolute atomic E-state index is 4.10. The van der Waals surface area contributed by atoms with E-state index in [0.29, 0.717) is 0 Å². The molecule has 0 spiro atoms. The van der Waals surface area contributed by atoms with E-state index in [-0.39, 0.29) is 0 Å². The van der Waals surface area contributed by atoms with Crippen LogP contribution in [0.3, 0.4) is 0 Å². The molecule has 0 aliphatic heterocycles. The van der Waals surface area contributed by atoms with Crippen molar-refractivity contribution in [2.24, 2.45) is 0 Å². The van der Waals surface area contributed by atoms with Gasteiger partial charge in [-0.3, -0.25) is 0 Å². The molecule has 1 aromatic carbocycles. The first kappa shape index (κ1) is 15.0. The Bertz CT molecular complexity index is 526. The average Bonchev–Trinajstić information content (AvgIpc) is 2.90. The predicted octanol–water partition coefficient (Wildman–Crippen LogP) is 2.27. The highest BCUT2D eigenvalue weighted by Gasteiger charge is 2.07. The molecule has 0 fully saturated rings. The second-order valence-electron chi connectivity index (χ2n) is 4.65. The molecule has 2 aromatic rings. The van der Waals surface area contributed by atoms with Gasteiger partial charge < -0.3 is 5.32 Å². The van der Waals surface area contributed by atoms with E-state index in [4.69, 9.17) is 0 Å². The lowest BCUT2D eigenvalue weighted by Crippen LogP contribution is -2.21. The quantitative estimate of drug-likeness (QED) is 0.597. The lowest BCUT2D eigenvalue weighted by atomic mass is 10.1. The molecule has 5 nitrogen and oxygen atoms in total. The maximum atomic E-state index is 4.10. The summed E-state index contributed by atoms with van der Waals surface area (Å²) in [5.41, 5.74) is 2.64. The minimum Gasteiger partial charge on any atom is -0.315 e. The first-order valence-electron chi connectivity index (χ1n) is 6.95. The zero-order valence-electron chi connectivity index (χ0n) is 12.0. The van der Waals surface area contributed by atoms with Gasteiger partial charge in [0.25, 0.3) is 0 Å². The van der Waals surface area contributed by atoms with E-state index < -0.39 is 0 Å². The first-order valence-corrected chi connectivity index (χ1v) is 7.94. The maximum Gasteiger partial charge on any atom is 0.209 e. The van der Waals surface area contributed by atoms with Crippen LogP contribution in [0.1, 0.15) is 24.5 Å². The third-order valence-electron chi connectivity index (χ3n) is 3.04. The number of nitrogens with one attached hydrogen (secondary N) is 1. The monoisotopic (exact) mass is 291 g/mol. The van der Waals surface area contributed by atoms with Gasteiger partial charge in [0, 0.05) is 12.3 Å². The number of hydrogen-bond acceptors (Lipinski definition) is 5. The molecule has 0 saturated carbocycles. The van der Waals surface area contributed by atoms with Crippen molar-refractivity contribution in [3.05, 3.63) is 35.4 Å². The summed E-state index contributed by atoms with van der Waals surface area (Å²) >= 11 is 1.68. The van der Waals surface area contributed by atoms with Crippen LogP contribution in [0.4, 0.5) is 0 Å². The zero-order chi connectivity index (χ0) is 14.2. The molecule has 0 aliphatic rings. The number of hydrogen-bond donors (Lipinski definition) is 1. The average molecular weight is 291 g/mol. The Hall–Kier alpha value is -1.40. The van der Waals surface area contributed by atoms with E-state index in [2.05, 4.69) is 59.0 Å². The topological polar surface area (TPSA) is 55.6 Å². The van der Waals surface area contributed by atoms with Crippen LogP contribution in [0.2, 0.25) is 0 Å². The van der Waals surface area contributed by atoms with Crippen LogP contribution < -0.4 is 5.32 Å². The van der Waals surface area contributed by atoms with Gasteiger partial charge in [0.05, 0.1) is 6.54 Å². The van der Waals surface area contributed by atoms with Crippen molar-refractivity contribution in [1.29, 1.82) is 0 Å². The van der Waals surface area contributed by atoms with Gasteiger partial charge >= 0.3 is 0 Å². The number of rotatable bonds is 8. The summed E-state index contributed by atoms with van der Waals surface area (Å²) in [6, 6.07) is 8.42. The molecule has 0 bridgehead atoms. The van der Waals surface area contributed by atoms with Crippen molar-refractivity contribution < 1.29 is 0 Å². The normalized spacial score (nSPS) is 10.9. The molecule has 6 heteroatoms. The van der Waals surface area contributed by atoms with E-state index in [0.717, 1.165) is 37.0 Å². The number of thioether (sulfide) groups is 1. The van der Waals surface area contributed by atoms with E-state index >= 15 is 0 Å². The Kier molecular flexibility index (Phi) is 6.01. The SMILES string of the molecule is CCCNCCn1nnnc1SCc1ccccc1C. The van der Waals surface area contributed by atoms with Gasteiger partial charge in [-0.15, -0.1) is 5.10 Å². The molecule has 2 rings (SSSR count). The van der Waals surface area contributed by atoms with Gasteiger partial charge in [-0.25, -0.2) is 4.68 Å². The van der Waals surface area contributed by atoms with Crippen molar-refractivity contribution in [2.75, 3.05) is 13.1 Å². The second kappa shape index (κ2) is 8.01. The Morgan fingerprint density at radius 2 is 2.10 bits per heavy atom. The molecule has 20 heavy (non-hydrogen) atoms. The highest BCUT2D eigenvalue weighted by atomic mass is 32.2. The lowest BCUT2D eigenvalue weighted by molar-refractivity contribution is 0.510. The Morgan fingerprint density at radius 3 is 2.90 bits per heavy atom. The molecule has 0 radical (unpaired) electrons. The van der Waals surface area contributed by atoms with Crippen molar-refractivity contribution in [3.8, 4) is 0 Å². The number of nitrogens with zero attached hydrogens (tertiary/aromatic N) is 4. The van der Waals surface area contributed by atoms with Gasteiger partial charge in [0.1, 0.15) is 0 Å². The molecular formula is C14H21N5S. The van der Waals surface area contributed by atoms with E-state index in [1.54, 1.807) is 11.8 Å². The van der Waals surface area contributed by atoms with Crippen LogP contribution >= 0.6 is 11.8 Å². The summed E-state index contributed by atoms with van der Waals surface area (Å²) in [4.78, 5) is 0. The number of tetrazole rings is 1. The highest BCUT2D eigenvalue weighted by Crippen LogP contribution is 2.21. The molecule has 0 aliphatic carbocycles. The standard InChI is InChI=1S/C14H21N5S/c1-3-8-15-9-10-19-14(16-17-18-19)20-11-13-7-5-4-6-12(13)2/h4-7,15H,3,8-11H2,1-2H3. The summed E-state index contributed by atoms with van der Waals surface area (Å²) in [5, 5.41) is 16.1. The van der Waals surface area contributed by atoms with Crippen molar-refractivity contribution in [1.82, 2.24) is 25.5 Å². The van der Waals surface area contributed by atoms with Gasteiger partial charge in [-0.05, 0) is 41.4 Å². The van der Waals surface area contributed by atoms with Crippen LogP contribution in [-0.4, -0.2) is 33.3 Å². The second-order valence-corrected chi connectivity index (χ2v) is 5.59. The molecule has 108 valence electrons. The first-order chi connectivity index (χ1) is 9.81. The summed E-state index contributed by atoms with van der Waals surface area (Å²) in [6.07, 6.45) is 1.14. The van der Waals surface area contributed by atoms with Gasteiger partial charge in [0.2, 0.25) is 5.16 Å². The molecule has 1 N–H and O–H groups in total. The van der Waals surface area contributed by atoms with E-state index in [9.17, 15) is 0 Å². The van der Waals surface area contributed by atoms with Crippen molar-refractivity contribution in [2.45, 2.75) is 37.7 Å². The molecule has 0 amide bonds. The molecule has 0 unspecified atom stereocenters. The predicted molar refractivity (Wildman–Crippen MR) is 81.7 cm³/mol. The summed E-state index contributed by atoms with van der Waals surface area (Å²) in [7, 11) is 0. The molecular weight excluding hydrogens is 270 g/mol. The molecule has 0 saturated heterocycles. The number of aryl methyl sites for hydroxylation is 1. The van der Waals surface area contributed by atoms with Gasteiger partial charge in [-0.1, -0.05) is 43.0 Å². The fourth-order valence-electron chi connectivity index (χ4n) is 1.84. The number of benzene rings is 1.